The van der Waals surface area contributed by atoms with E-state index in [-0.39, 0.29) is 12.0 Å². The van der Waals surface area contributed by atoms with Crippen LogP contribution in [-0.4, -0.2) is 47.8 Å². The van der Waals surface area contributed by atoms with Gasteiger partial charge in [-0.3, -0.25) is 0 Å². The second-order valence-electron chi connectivity index (χ2n) is 6.31. The molecule has 0 aliphatic carbocycles. The van der Waals surface area contributed by atoms with Gasteiger partial charge >= 0.3 is 0 Å². The van der Waals surface area contributed by atoms with Gasteiger partial charge in [0.25, 0.3) is 0 Å². The van der Waals surface area contributed by atoms with Crippen molar-refractivity contribution < 1.29 is 19.7 Å². The molecule has 1 aliphatic rings. The summed E-state index contributed by atoms with van der Waals surface area (Å²) < 4.78 is 11.5. The normalized spacial score (nSPS) is 28.5. The molecule has 154 valence electrons. The molecule has 1 fully saturated rings. The summed E-state index contributed by atoms with van der Waals surface area (Å²) in [6, 6.07) is 0. The topological polar surface area (TPSA) is 58.9 Å². The minimum absolute atomic E-state index is 0.108. The predicted octanol–water partition coefficient (Wildman–Crippen LogP) is 4.36. The van der Waals surface area contributed by atoms with Crippen molar-refractivity contribution in [3.63, 3.8) is 0 Å². The molecule has 4 nitrogen and oxygen atoms in total. The first-order chi connectivity index (χ1) is 13.0. The molecule has 0 aromatic rings. The van der Waals surface area contributed by atoms with Crippen LogP contribution in [0, 0.1) is 5.92 Å². The predicted molar refractivity (Wildman–Crippen MR) is 114 cm³/mol. The zero-order valence-electron chi connectivity index (χ0n) is 17.7. The van der Waals surface area contributed by atoms with Crippen LogP contribution < -0.4 is 0 Å². The van der Waals surface area contributed by atoms with Crippen LogP contribution in [0.25, 0.3) is 0 Å². The van der Waals surface area contributed by atoms with E-state index in [0.29, 0.717) is 0 Å². The highest BCUT2D eigenvalue weighted by Crippen LogP contribution is 2.31. The fraction of sp³-hybridized carbons (Fsp3) is 0.565. The molecule has 0 radical (unpaired) electrons. The van der Waals surface area contributed by atoms with E-state index in [2.05, 4.69) is 19.6 Å². The Morgan fingerprint density at radius 3 is 2.37 bits per heavy atom. The van der Waals surface area contributed by atoms with E-state index in [0.717, 1.165) is 12.0 Å². The van der Waals surface area contributed by atoms with Crippen LogP contribution >= 0.6 is 0 Å². The Labute approximate surface area is 165 Å². The van der Waals surface area contributed by atoms with Crippen LogP contribution in [0.2, 0.25) is 0 Å². The van der Waals surface area contributed by atoms with E-state index in [1.165, 1.54) is 0 Å². The highest BCUT2D eigenvalue weighted by atomic mass is 16.5. The molecule has 6 atom stereocenters. The Balaban J connectivity index is 0.00000326. The maximum atomic E-state index is 10.4. The van der Waals surface area contributed by atoms with Gasteiger partial charge in [0.1, 0.15) is 18.3 Å². The molecular formula is C23H38O4. The molecular weight excluding hydrogens is 340 g/mol. The smallest absolute Gasteiger partial charge is 0.112 e. The SMILES string of the molecule is C=C/C=C/C=C/C1OC(C(C)C(OC)/C(C)=C/C=C/CC)C(O)C1O.CC. The standard InChI is InChI=1S/C21H32O4.C2H6/c1-6-8-10-12-14-17-18(22)19(23)21(25-17)16(4)20(24-5)15(3)13-11-9-7-2;1-2/h6,8-14,16-23H,1,7H2,2-5H3;1-2H3/b10-8+,11-9+,14-12+,15-13+;. The van der Waals surface area contributed by atoms with Gasteiger partial charge in [0.15, 0.2) is 0 Å². The molecule has 0 aromatic carbocycles. The molecule has 0 amide bonds. The Morgan fingerprint density at radius 2 is 1.81 bits per heavy atom. The van der Waals surface area contributed by atoms with Crippen molar-refractivity contribution >= 4 is 0 Å². The molecule has 0 saturated carbocycles. The number of hydrogen-bond donors (Lipinski definition) is 2. The Bertz CT molecular complexity index is 518. The minimum Gasteiger partial charge on any atom is -0.388 e. The van der Waals surface area contributed by atoms with Gasteiger partial charge in [0, 0.05) is 13.0 Å². The maximum Gasteiger partial charge on any atom is 0.112 e. The minimum atomic E-state index is -0.956. The second kappa shape index (κ2) is 14.6. The van der Waals surface area contributed by atoms with Gasteiger partial charge < -0.3 is 19.7 Å². The van der Waals surface area contributed by atoms with Gasteiger partial charge in [-0.1, -0.05) is 82.9 Å². The summed E-state index contributed by atoms with van der Waals surface area (Å²) in [7, 11) is 1.65. The Morgan fingerprint density at radius 1 is 1.15 bits per heavy atom. The Kier molecular flexibility index (Phi) is 13.8. The summed E-state index contributed by atoms with van der Waals surface area (Å²) in [5.41, 5.74) is 1.05. The van der Waals surface area contributed by atoms with Gasteiger partial charge in [-0.05, 0) is 18.9 Å². The zero-order chi connectivity index (χ0) is 20.8. The lowest BCUT2D eigenvalue weighted by atomic mass is 9.89. The van der Waals surface area contributed by atoms with Crippen molar-refractivity contribution in [1.29, 1.82) is 0 Å². The van der Waals surface area contributed by atoms with E-state index in [1.54, 1.807) is 37.5 Å². The van der Waals surface area contributed by atoms with Crippen LogP contribution in [0.1, 0.15) is 41.0 Å². The van der Waals surface area contributed by atoms with Crippen LogP contribution in [0.5, 0.6) is 0 Å². The van der Waals surface area contributed by atoms with Crippen molar-refractivity contribution in [3.05, 3.63) is 60.8 Å². The number of aliphatic hydroxyl groups excluding tert-OH is 2. The summed E-state index contributed by atoms with van der Waals surface area (Å²) in [6.45, 7) is 13.7. The van der Waals surface area contributed by atoms with E-state index >= 15 is 0 Å². The van der Waals surface area contributed by atoms with Crippen molar-refractivity contribution in [3.8, 4) is 0 Å². The first-order valence-electron chi connectivity index (χ1n) is 9.81. The van der Waals surface area contributed by atoms with Gasteiger partial charge in [-0.2, -0.15) is 0 Å². The molecule has 0 spiro atoms. The molecule has 6 unspecified atom stereocenters. The van der Waals surface area contributed by atoms with E-state index in [4.69, 9.17) is 9.47 Å². The molecule has 2 N–H and O–H groups in total. The summed E-state index contributed by atoms with van der Waals surface area (Å²) in [5.74, 6) is -0.108. The van der Waals surface area contributed by atoms with Gasteiger partial charge in [0.2, 0.25) is 0 Å². The maximum absolute atomic E-state index is 10.4. The third-order valence-electron chi connectivity index (χ3n) is 4.43. The molecule has 0 bridgehead atoms. The lowest BCUT2D eigenvalue weighted by Crippen LogP contribution is -2.40. The first kappa shape index (κ1) is 25.5. The van der Waals surface area contributed by atoms with E-state index < -0.39 is 24.4 Å². The van der Waals surface area contributed by atoms with Crippen LogP contribution in [0.4, 0.5) is 0 Å². The highest BCUT2D eigenvalue weighted by molar-refractivity contribution is 5.17. The van der Waals surface area contributed by atoms with Gasteiger partial charge in [-0.25, -0.2) is 0 Å². The van der Waals surface area contributed by atoms with Gasteiger partial charge in [-0.15, -0.1) is 0 Å². The van der Waals surface area contributed by atoms with E-state index in [9.17, 15) is 10.2 Å². The van der Waals surface area contributed by atoms with Crippen molar-refractivity contribution in [1.82, 2.24) is 0 Å². The summed E-state index contributed by atoms with van der Waals surface area (Å²) in [6.07, 6.45) is 12.7. The van der Waals surface area contributed by atoms with Crippen LogP contribution in [0.15, 0.2) is 60.8 Å². The average molecular weight is 379 g/mol. The first-order valence-corrected chi connectivity index (χ1v) is 9.81. The lowest BCUT2D eigenvalue weighted by molar-refractivity contribution is -0.0515. The number of methoxy groups -OCH3 is 1. The number of ether oxygens (including phenoxy) is 2. The summed E-state index contributed by atoms with van der Waals surface area (Å²) in [5, 5.41) is 20.7. The average Bonchev–Trinajstić information content (AvgIpc) is 2.96. The molecule has 1 rings (SSSR count). The second-order valence-corrected chi connectivity index (χ2v) is 6.31. The number of hydrogen-bond acceptors (Lipinski definition) is 4. The van der Waals surface area contributed by atoms with Crippen LogP contribution in [-0.2, 0) is 9.47 Å². The molecule has 1 aliphatic heterocycles. The van der Waals surface area contributed by atoms with E-state index in [1.807, 2.05) is 39.8 Å². The monoisotopic (exact) mass is 378 g/mol. The van der Waals surface area contributed by atoms with Crippen molar-refractivity contribution in [2.75, 3.05) is 7.11 Å². The number of rotatable bonds is 9. The number of aliphatic hydroxyl groups is 2. The zero-order valence-corrected chi connectivity index (χ0v) is 17.7. The van der Waals surface area contributed by atoms with Gasteiger partial charge in [0.05, 0.1) is 12.2 Å². The number of allylic oxidation sites excluding steroid dienone is 7. The lowest BCUT2D eigenvalue weighted by Gasteiger charge is -2.29. The molecule has 1 saturated heterocycles. The van der Waals surface area contributed by atoms with Crippen LogP contribution in [0.3, 0.4) is 0 Å². The fourth-order valence-corrected chi connectivity index (χ4v) is 3.08. The summed E-state index contributed by atoms with van der Waals surface area (Å²) in [4.78, 5) is 0. The van der Waals surface area contributed by atoms with Crippen molar-refractivity contribution in [2.45, 2.75) is 71.6 Å². The summed E-state index contributed by atoms with van der Waals surface area (Å²) >= 11 is 0. The Hall–Kier alpha value is -1.46. The molecule has 0 aromatic heterocycles. The fourth-order valence-electron chi connectivity index (χ4n) is 3.08. The third-order valence-corrected chi connectivity index (χ3v) is 4.43. The third kappa shape index (κ3) is 7.97. The molecule has 27 heavy (non-hydrogen) atoms. The van der Waals surface area contributed by atoms with Crippen molar-refractivity contribution in [2.24, 2.45) is 5.92 Å². The largest absolute Gasteiger partial charge is 0.388 e. The highest BCUT2D eigenvalue weighted by Gasteiger charge is 2.45. The molecule has 1 heterocycles. The quantitative estimate of drug-likeness (QED) is 0.585. The molecule has 4 heteroatoms.